The predicted molar refractivity (Wildman–Crippen MR) is 33.8 cm³/mol. The van der Waals surface area contributed by atoms with Crippen molar-refractivity contribution in [1.29, 1.82) is 0 Å². The van der Waals surface area contributed by atoms with E-state index in [9.17, 15) is 0 Å². The van der Waals surface area contributed by atoms with Crippen LogP contribution in [0, 0.1) is 0 Å². The van der Waals surface area contributed by atoms with Crippen LogP contribution in [0.5, 0.6) is 0 Å². The number of aliphatic imine (C=N–C) groups is 1. The lowest BCUT2D eigenvalue weighted by molar-refractivity contribution is 1.52. The van der Waals surface area contributed by atoms with Gasteiger partial charge in [0.25, 0.3) is 0 Å². The van der Waals surface area contributed by atoms with Gasteiger partial charge in [0.2, 0.25) is 0 Å². The minimum atomic E-state index is 0.568. The van der Waals surface area contributed by atoms with E-state index in [1.807, 2.05) is 13.0 Å². The van der Waals surface area contributed by atoms with Gasteiger partial charge in [-0.15, -0.1) is 0 Å². The summed E-state index contributed by atoms with van der Waals surface area (Å²) in [5.74, 6) is 0. The maximum absolute atomic E-state index is 5.36. The van der Waals surface area contributed by atoms with Crippen molar-refractivity contribution in [2.75, 3.05) is 0 Å². The third-order valence-corrected chi connectivity index (χ3v) is 0.499. The van der Waals surface area contributed by atoms with Crippen molar-refractivity contribution in [1.82, 2.24) is 0 Å². The lowest BCUT2D eigenvalue weighted by Crippen LogP contribution is -1.68. The van der Waals surface area contributed by atoms with Crippen molar-refractivity contribution >= 4 is 16.8 Å². The van der Waals surface area contributed by atoms with Crippen molar-refractivity contribution in [3.05, 3.63) is 12.3 Å². The number of halogens is 1. The average molecular weight is 118 g/mol. The van der Waals surface area contributed by atoms with Gasteiger partial charge in [0.1, 0.15) is 5.17 Å². The van der Waals surface area contributed by atoms with E-state index in [1.165, 1.54) is 0 Å². The number of rotatable bonds is 1. The van der Waals surface area contributed by atoms with E-state index in [0.29, 0.717) is 5.17 Å². The van der Waals surface area contributed by atoms with Gasteiger partial charge in [0.05, 0.1) is 0 Å². The smallest absolute Gasteiger partial charge is 0.103 e. The van der Waals surface area contributed by atoms with Crippen molar-refractivity contribution in [3.63, 3.8) is 0 Å². The van der Waals surface area contributed by atoms with Gasteiger partial charge in [0, 0.05) is 6.20 Å². The molecule has 0 aromatic heterocycles. The van der Waals surface area contributed by atoms with Gasteiger partial charge >= 0.3 is 0 Å². The molecule has 0 rings (SSSR count). The fourth-order valence-corrected chi connectivity index (χ4v) is 0.234. The van der Waals surface area contributed by atoms with Crippen molar-refractivity contribution in [3.8, 4) is 0 Å². The van der Waals surface area contributed by atoms with E-state index < -0.39 is 0 Å². The zero-order valence-electron chi connectivity index (χ0n) is 4.48. The molecule has 0 unspecified atom stereocenters. The number of allylic oxidation sites excluding steroid dienone is 1. The Morgan fingerprint density at radius 3 is 2.43 bits per heavy atom. The molecule has 0 saturated carbocycles. The molecule has 40 valence electrons. The second-order valence-corrected chi connectivity index (χ2v) is 1.66. The van der Waals surface area contributed by atoms with Crippen LogP contribution in [0.15, 0.2) is 17.3 Å². The van der Waals surface area contributed by atoms with Gasteiger partial charge in [0.15, 0.2) is 0 Å². The van der Waals surface area contributed by atoms with E-state index in [2.05, 4.69) is 4.99 Å². The lowest BCUT2D eigenvalue weighted by atomic mass is 10.7. The molecule has 0 fully saturated rings. The van der Waals surface area contributed by atoms with Crippen LogP contribution in [0.3, 0.4) is 0 Å². The van der Waals surface area contributed by atoms with Crippen LogP contribution in [0.25, 0.3) is 0 Å². The molecule has 0 aliphatic carbocycles. The van der Waals surface area contributed by atoms with Gasteiger partial charge in [-0.05, 0) is 13.8 Å². The summed E-state index contributed by atoms with van der Waals surface area (Å²) >= 11 is 5.36. The summed E-state index contributed by atoms with van der Waals surface area (Å²) < 4.78 is 0. The quantitative estimate of drug-likeness (QED) is 0.467. The van der Waals surface area contributed by atoms with Crippen molar-refractivity contribution in [2.24, 2.45) is 4.99 Å². The molecular weight excluding hydrogens is 110 g/mol. The van der Waals surface area contributed by atoms with Gasteiger partial charge in [-0.2, -0.15) is 0 Å². The van der Waals surface area contributed by atoms with Crippen LogP contribution in [0.2, 0.25) is 0 Å². The van der Waals surface area contributed by atoms with Gasteiger partial charge in [-0.25, -0.2) is 4.99 Å². The minimum absolute atomic E-state index is 0.568. The third kappa shape index (κ3) is 5.70. The Bertz CT molecular complexity index is 90.3. The summed E-state index contributed by atoms with van der Waals surface area (Å²) in [4.78, 5) is 3.74. The first-order chi connectivity index (χ1) is 3.27. The van der Waals surface area contributed by atoms with Crippen LogP contribution in [-0.2, 0) is 0 Å². The first kappa shape index (κ1) is 6.70. The van der Waals surface area contributed by atoms with Crippen LogP contribution >= 0.6 is 11.6 Å². The Labute approximate surface area is 48.7 Å². The van der Waals surface area contributed by atoms with Crippen molar-refractivity contribution in [2.45, 2.75) is 13.8 Å². The molecule has 0 aliphatic heterocycles. The summed E-state index contributed by atoms with van der Waals surface area (Å²) in [6.07, 6.45) is 3.48. The SMILES string of the molecule is C/C=C\N=C(/C)Cl. The Kier molecular flexibility index (Phi) is 3.71. The first-order valence-electron chi connectivity index (χ1n) is 2.08. The molecule has 0 saturated heterocycles. The topological polar surface area (TPSA) is 12.4 Å². The second kappa shape index (κ2) is 3.88. The number of hydrogen-bond acceptors (Lipinski definition) is 1. The van der Waals surface area contributed by atoms with Gasteiger partial charge < -0.3 is 0 Å². The molecule has 7 heavy (non-hydrogen) atoms. The molecule has 0 bridgehead atoms. The molecule has 0 aromatic carbocycles. The van der Waals surface area contributed by atoms with Gasteiger partial charge in [-0.3, -0.25) is 0 Å². The van der Waals surface area contributed by atoms with Crippen LogP contribution in [0.1, 0.15) is 13.8 Å². The summed E-state index contributed by atoms with van der Waals surface area (Å²) in [5, 5.41) is 0.568. The first-order valence-corrected chi connectivity index (χ1v) is 2.46. The largest absolute Gasteiger partial charge is 0.250 e. The number of nitrogens with zero attached hydrogens (tertiary/aromatic N) is 1. The van der Waals surface area contributed by atoms with E-state index in [-0.39, 0.29) is 0 Å². The average Bonchev–Trinajstić information content (AvgIpc) is 1.61. The lowest BCUT2D eigenvalue weighted by Gasteiger charge is -1.75. The van der Waals surface area contributed by atoms with Gasteiger partial charge in [-0.1, -0.05) is 17.7 Å². The summed E-state index contributed by atoms with van der Waals surface area (Å²) in [6.45, 7) is 3.63. The molecule has 1 nitrogen and oxygen atoms in total. The highest BCUT2D eigenvalue weighted by molar-refractivity contribution is 6.64. The Hall–Kier alpha value is -0.300. The highest BCUT2D eigenvalue weighted by Gasteiger charge is 1.70. The van der Waals surface area contributed by atoms with E-state index in [1.54, 1.807) is 13.1 Å². The van der Waals surface area contributed by atoms with E-state index in [4.69, 9.17) is 11.6 Å². The fourth-order valence-electron chi connectivity index (χ4n) is 0.177. The fraction of sp³-hybridized carbons (Fsp3) is 0.400. The minimum Gasteiger partial charge on any atom is -0.250 e. The molecule has 0 radical (unpaired) electrons. The van der Waals surface area contributed by atoms with Crippen LogP contribution in [-0.4, -0.2) is 5.17 Å². The maximum atomic E-state index is 5.36. The standard InChI is InChI=1S/C5H8ClN/c1-3-4-7-5(2)6/h3-4H,1-2H3/b4-3-,7-5+. The zero-order valence-corrected chi connectivity index (χ0v) is 5.24. The summed E-state index contributed by atoms with van der Waals surface area (Å²) in [6, 6.07) is 0. The maximum Gasteiger partial charge on any atom is 0.103 e. The molecule has 0 atom stereocenters. The predicted octanol–water partition coefficient (Wildman–Crippen LogP) is 2.18. The molecule has 0 spiro atoms. The molecule has 0 aromatic rings. The highest BCUT2D eigenvalue weighted by Crippen LogP contribution is 1.83. The normalized spacial score (nSPS) is 13.3. The van der Waals surface area contributed by atoms with Crippen LogP contribution in [0.4, 0.5) is 0 Å². The molecule has 2 heteroatoms. The monoisotopic (exact) mass is 117 g/mol. The van der Waals surface area contributed by atoms with Crippen LogP contribution < -0.4 is 0 Å². The van der Waals surface area contributed by atoms with Crippen molar-refractivity contribution < 1.29 is 0 Å². The second-order valence-electron chi connectivity index (χ2n) is 1.11. The molecule has 0 amide bonds. The summed E-state index contributed by atoms with van der Waals surface area (Å²) in [5.41, 5.74) is 0. The highest BCUT2D eigenvalue weighted by atomic mass is 35.5. The Balaban J connectivity index is 3.46. The molecule has 0 aliphatic rings. The molecular formula is C5H8ClN. The van der Waals surface area contributed by atoms with E-state index >= 15 is 0 Å². The summed E-state index contributed by atoms with van der Waals surface area (Å²) in [7, 11) is 0. The zero-order chi connectivity index (χ0) is 5.70. The molecule has 0 heterocycles. The Morgan fingerprint density at radius 2 is 2.29 bits per heavy atom. The van der Waals surface area contributed by atoms with E-state index in [0.717, 1.165) is 0 Å². The number of hydrogen-bond donors (Lipinski definition) is 0. The third-order valence-electron chi connectivity index (χ3n) is 0.402. The molecule has 0 N–H and O–H groups in total. The Morgan fingerprint density at radius 1 is 1.71 bits per heavy atom.